The average Bonchev–Trinajstić information content (AvgIpc) is 2.38. The molecule has 0 spiro atoms. The SMILES string of the molecule is Cc1ccc(NCC=Cc2ccccc2)c(Cl)c1. The van der Waals surface area contributed by atoms with Gasteiger partial charge in [-0.3, -0.25) is 0 Å². The number of aryl methyl sites for hydroxylation is 1. The topological polar surface area (TPSA) is 12.0 Å². The van der Waals surface area contributed by atoms with Crippen LogP contribution in [0, 0.1) is 6.92 Å². The van der Waals surface area contributed by atoms with E-state index in [0.29, 0.717) is 0 Å². The molecule has 0 heterocycles. The van der Waals surface area contributed by atoms with Crippen molar-refractivity contribution < 1.29 is 0 Å². The number of hydrogen-bond donors (Lipinski definition) is 1. The molecule has 0 amide bonds. The fourth-order valence-electron chi connectivity index (χ4n) is 1.69. The summed E-state index contributed by atoms with van der Waals surface area (Å²) in [4.78, 5) is 0. The number of anilines is 1. The second-order valence-corrected chi connectivity index (χ2v) is 4.58. The van der Waals surface area contributed by atoms with Gasteiger partial charge in [0.15, 0.2) is 0 Å². The summed E-state index contributed by atoms with van der Waals surface area (Å²) in [5, 5.41) is 4.06. The van der Waals surface area contributed by atoms with E-state index in [1.165, 1.54) is 11.1 Å². The molecule has 92 valence electrons. The van der Waals surface area contributed by atoms with Crippen molar-refractivity contribution in [3.63, 3.8) is 0 Å². The van der Waals surface area contributed by atoms with Crippen LogP contribution in [-0.2, 0) is 0 Å². The van der Waals surface area contributed by atoms with Gasteiger partial charge >= 0.3 is 0 Å². The Morgan fingerprint density at radius 3 is 2.61 bits per heavy atom. The Labute approximate surface area is 113 Å². The van der Waals surface area contributed by atoms with Gasteiger partial charge in [-0.05, 0) is 30.2 Å². The molecular weight excluding hydrogens is 242 g/mol. The standard InChI is InChI=1S/C16H16ClN/c1-13-9-10-16(15(17)12-13)18-11-5-8-14-6-3-2-4-7-14/h2-10,12,18H,11H2,1H3. The molecule has 18 heavy (non-hydrogen) atoms. The van der Waals surface area contributed by atoms with Gasteiger partial charge in [0.25, 0.3) is 0 Å². The van der Waals surface area contributed by atoms with E-state index in [4.69, 9.17) is 11.6 Å². The molecule has 2 rings (SSSR count). The molecule has 0 aliphatic rings. The van der Waals surface area contributed by atoms with E-state index in [9.17, 15) is 0 Å². The Morgan fingerprint density at radius 1 is 1.11 bits per heavy atom. The fourth-order valence-corrected chi connectivity index (χ4v) is 1.99. The zero-order valence-corrected chi connectivity index (χ0v) is 11.1. The summed E-state index contributed by atoms with van der Waals surface area (Å²) in [6.45, 7) is 2.79. The van der Waals surface area contributed by atoms with Gasteiger partial charge < -0.3 is 5.32 Å². The van der Waals surface area contributed by atoms with Gasteiger partial charge in [0.05, 0.1) is 10.7 Å². The molecular formula is C16H16ClN. The van der Waals surface area contributed by atoms with Crippen LogP contribution < -0.4 is 5.32 Å². The van der Waals surface area contributed by atoms with E-state index in [-0.39, 0.29) is 0 Å². The third kappa shape index (κ3) is 3.64. The van der Waals surface area contributed by atoms with Crippen LogP contribution in [0.1, 0.15) is 11.1 Å². The highest BCUT2D eigenvalue weighted by molar-refractivity contribution is 6.33. The number of hydrogen-bond acceptors (Lipinski definition) is 1. The molecule has 2 aromatic carbocycles. The summed E-state index contributed by atoms with van der Waals surface area (Å²) >= 11 is 6.14. The molecule has 2 heteroatoms. The second-order valence-electron chi connectivity index (χ2n) is 4.18. The van der Waals surface area contributed by atoms with Gasteiger partial charge in [0, 0.05) is 6.54 Å². The van der Waals surface area contributed by atoms with Crippen LogP contribution in [0.15, 0.2) is 54.6 Å². The molecule has 0 atom stereocenters. The summed E-state index contributed by atoms with van der Waals surface area (Å²) in [6.07, 6.45) is 4.18. The highest BCUT2D eigenvalue weighted by atomic mass is 35.5. The van der Waals surface area contributed by atoms with Crippen molar-refractivity contribution in [2.45, 2.75) is 6.92 Å². The van der Waals surface area contributed by atoms with E-state index in [1.807, 2.05) is 37.3 Å². The number of benzene rings is 2. The monoisotopic (exact) mass is 257 g/mol. The highest BCUT2D eigenvalue weighted by Crippen LogP contribution is 2.22. The summed E-state index contributed by atoms with van der Waals surface area (Å²) in [5.41, 5.74) is 3.35. The van der Waals surface area contributed by atoms with Crippen molar-refractivity contribution in [1.82, 2.24) is 0 Å². The van der Waals surface area contributed by atoms with E-state index < -0.39 is 0 Å². The normalized spacial score (nSPS) is 10.8. The Morgan fingerprint density at radius 2 is 1.89 bits per heavy atom. The first-order valence-corrected chi connectivity index (χ1v) is 6.35. The Hall–Kier alpha value is -1.73. The van der Waals surface area contributed by atoms with Crippen molar-refractivity contribution >= 4 is 23.4 Å². The van der Waals surface area contributed by atoms with Gasteiger partial charge in [0.2, 0.25) is 0 Å². The molecule has 0 saturated carbocycles. The zero-order valence-electron chi connectivity index (χ0n) is 10.4. The first-order chi connectivity index (χ1) is 8.75. The summed E-state index contributed by atoms with van der Waals surface area (Å²) in [6, 6.07) is 16.3. The minimum atomic E-state index is 0.762. The van der Waals surface area contributed by atoms with Crippen LogP contribution >= 0.6 is 11.6 Å². The minimum Gasteiger partial charge on any atom is -0.380 e. The second kappa shape index (κ2) is 6.27. The smallest absolute Gasteiger partial charge is 0.0640 e. The maximum absolute atomic E-state index is 6.14. The molecule has 1 N–H and O–H groups in total. The van der Waals surface area contributed by atoms with Gasteiger partial charge in [-0.15, -0.1) is 0 Å². The van der Waals surface area contributed by atoms with Crippen molar-refractivity contribution in [3.05, 3.63) is 70.8 Å². The third-order valence-electron chi connectivity index (χ3n) is 2.64. The van der Waals surface area contributed by atoms with Crippen molar-refractivity contribution in [1.29, 1.82) is 0 Å². The number of halogens is 1. The maximum atomic E-state index is 6.14. The van der Waals surface area contributed by atoms with Crippen LogP contribution in [0.2, 0.25) is 5.02 Å². The highest BCUT2D eigenvalue weighted by Gasteiger charge is 1.97. The van der Waals surface area contributed by atoms with Crippen LogP contribution in [0.4, 0.5) is 5.69 Å². The predicted molar refractivity (Wildman–Crippen MR) is 80.2 cm³/mol. The Balaban J connectivity index is 1.91. The van der Waals surface area contributed by atoms with Gasteiger partial charge in [0.1, 0.15) is 0 Å². The number of rotatable bonds is 4. The Bertz CT molecular complexity index is 532. The summed E-state index contributed by atoms with van der Waals surface area (Å²) in [5.74, 6) is 0. The predicted octanol–water partition coefficient (Wildman–Crippen LogP) is 4.77. The van der Waals surface area contributed by atoms with E-state index in [1.54, 1.807) is 0 Å². The first kappa shape index (κ1) is 12.7. The molecule has 0 aliphatic heterocycles. The van der Waals surface area contributed by atoms with Crippen LogP contribution in [0.25, 0.3) is 6.08 Å². The van der Waals surface area contributed by atoms with E-state index in [2.05, 4.69) is 35.7 Å². The molecule has 2 aromatic rings. The summed E-state index contributed by atoms with van der Waals surface area (Å²) < 4.78 is 0. The van der Waals surface area contributed by atoms with Gasteiger partial charge in [-0.2, -0.15) is 0 Å². The molecule has 0 bridgehead atoms. The quantitative estimate of drug-likeness (QED) is 0.832. The molecule has 0 saturated heterocycles. The van der Waals surface area contributed by atoms with Crippen LogP contribution in [0.3, 0.4) is 0 Å². The van der Waals surface area contributed by atoms with Gasteiger partial charge in [-0.1, -0.05) is 60.2 Å². The molecule has 0 fully saturated rings. The third-order valence-corrected chi connectivity index (χ3v) is 2.96. The first-order valence-electron chi connectivity index (χ1n) is 5.97. The average molecular weight is 258 g/mol. The van der Waals surface area contributed by atoms with Crippen molar-refractivity contribution in [2.75, 3.05) is 11.9 Å². The molecule has 0 aliphatic carbocycles. The molecule has 0 unspecified atom stereocenters. The lowest BCUT2D eigenvalue weighted by Gasteiger charge is -2.06. The van der Waals surface area contributed by atoms with Crippen molar-refractivity contribution in [2.24, 2.45) is 0 Å². The fraction of sp³-hybridized carbons (Fsp3) is 0.125. The Kier molecular flexibility index (Phi) is 4.43. The van der Waals surface area contributed by atoms with Crippen LogP contribution in [-0.4, -0.2) is 6.54 Å². The minimum absolute atomic E-state index is 0.762. The van der Waals surface area contributed by atoms with Gasteiger partial charge in [-0.25, -0.2) is 0 Å². The van der Waals surface area contributed by atoms with E-state index >= 15 is 0 Å². The summed E-state index contributed by atoms with van der Waals surface area (Å²) in [7, 11) is 0. The molecule has 0 radical (unpaired) electrons. The van der Waals surface area contributed by atoms with Crippen LogP contribution in [0.5, 0.6) is 0 Å². The molecule has 1 nitrogen and oxygen atoms in total. The largest absolute Gasteiger partial charge is 0.380 e. The van der Waals surface area contributed by atoms with E-state index in [0.717, 1.165) is 17.3 Å². The lowest BCUT2D eigenvalue weighted by molar-refractivity contribution is 1.33. The molecule has 0 aromatic heterocycles. The van der Waals surface area contributed by atoms with Crippen molar-refractivity contribution in [3.8, 4) is 0 Å². The number of nitrogens with one attached hydrogen (secondary N) is 1. The lowest BCUT2D eigenvalue weighted by atomic mass is 10.2. The zero-order chi connectivity index (χ0) is 12.8. The lowest BCUT2D eigenvalue weighted by Crippen LogP contribution is -1.98. The maximum Gasteiger partial charge on any atom is 0.0640 e.